The smallest absolute Gasteiger partial charge is 0.0542 e. The third-order valence-electron chi connectivity index (χ3n) is 2.99. The summed E-state index contributed by atoms with van der Waals surface area (Å²) in [5, 5.41) is 9.61. The van der Waals surface area contributed by atoms with E-state index in [4.69, 9.17) is 0 Å². The van der Waals surface area contributed by atoms with Gasteiger partial charge in [-0.1, -0.05) is 46.5 Å². The predicted octanol–water partition coefficient (Wildman–Crippen LogP) is 3.61. The maximum Gasteiger partial charge on any atom is 0.0542 e. The van der Waals surface area contributed by atoms with Crippen molar-refractivity contribution >= 4 is 0 Å². The highest BCUT2D eigenvalue weighted by atomic mass is 16.3. The second-order valence-electron chi connectivity index (χ2n) is 4.31. The highest BCUT2D eigenvalue weighted by molar-refractivity contribution is 4.70. The third-order valence-corrected chi connectivity index (χ3v) is 2.99. The Morgan fingerprint density at radius 3 is 2.00 bits per heavy atom. The third kappa shape index (κ3) is 5.30. The quantitative estimate of drug-likeness (QED) is 0.644. The maximum atomic E-state index is 9.61. The summed E-state index contributed by atoms with van der Waals surface area (Å²) in [4.78, 5) is 0. The molecule has 3 unspecified atom stereocenters. The van der Waals surface area contributed by atoms with E-state index in [0.29, 0.717) is 11.8 Å². The summed E-state index contributed by atoms with van der Waals surface area (Å²) >= 11 is 0. The lowest BCUT2D eigenvalue weighted by molar-refractivity contribution is 0.0825. The molecule has 0 aliphatic rings. The molecule has 0 aromatic heterocycles. The van der Waals surface area contributed by atoms with Crippen molar-refractivity contribution in [1.29, 1.82) is 0 Å². The lowest BCUT2D eigenvalue weighted by Gasteiger charge is -2.26. The lowest BCUT2D eigenvalue weighted by Crippen LogP contribution is -2.23. The van der Waals surface area contributed by atoms with Crippen molar-refractivity contribution in [1.82, 2.24) is 0 Å². The average molecular weight is 186 g/mol. The van der Waals surface area contributed by atoms with Gasteiger partial charge in [0.1, 0.15) is 0 Å². The normalized spacial score (nSPS) is 18.2. The molecule has 0 fully saturated rings. The summed E-state index contributed by atoms with van der Waals surface area (Å²) in [5.74, 6) is 1.19. The molecule has 0 amide bonds. The highest BCUT2D eigenvalue weighted by Crippen LogP contribution is 2.25. The van der Waals surface area contributed by atoms with Gasteiger partial charge in [0.2, 0.25) is 0 Å². The van der Waals surface area contributed by atoms with E-state index in [1.165, 1.54) is 32.1 Å². The van der Waals surface area contributed by atoms with E-state index in [2.05, 4.69) is 20.8 Å². The van der Waals surface area contributed by atoms with Gasteiger partial charge in [-0.3, -0.25) is 0 Å². The monoisotopic (exact) mass is 186 g/mol. The number of rotatable bonds is 7. The fourth-order valence-corrected chi connectivity index (χ4v) is 2.07. The predicted molar refractivity (Wildman–Crippen MR) is 58.8 cm³/mol. The molecular weight excluding hydrogens is 160 g/mol. The van der Waals surface area contributed by atoms with E-state index in [1.807, 2.05) is 6.92 Å². The van der Waals surface area contributed by atoms with Crippen LogP contribution in [0.5, 0.6) is 0 Å². The summed E-state index contributed by atoms with van der Waals surface area (Å²) in [6.45, 7) is 8.64. The molecule has 0 aliphatic carbocycles. The largest absolute Gasteiger partial charge is 0.393 e. The Bertz CT molecular complexity index is 110. The van der Waals surface area contributed by atoms with Crippen LogP contribution in [0.15, 0.2) is 0 Å². The molecule has 0 saturated heterocycles. The molecule has 0 saturated carbocycles. The lowest BCUT2D eigenvalue weighted by atomic mass is 9.83. The SMILES string of the molecule is CCCCC(C)C(CCC)C(C)O. The second kappa shape index (κ2) is 7.37. The van der Waals surface area contributed by atoms with Crippen LogP contribution in [0.4, 0.5) is 0 Å². The molecular formula is C12H26O. The zero-order chi connectivity index (χ0) is 10.3. The minimum Gasteiger partial charge on any atom is -0.393 e. The fourth-order valence-electron chi connectivity index (χ4n) is 2.07. The minimum atomic E-state index is -0.133. The van der Waals surface area contributed by atoms with Crippen molar-refractivity contribution in [3.63, 3.8) is 0 Å². The molecule has 1 nitrogen and oxygen atoms in total. The maximum absolute atomic E-state index is 9.61. The minimum absolute atomic E-state index is 0.133. The molecule has 3 atom stereocenters. The Morgan fingerprint density at radius 1 is 1.00 bits per heavy atom. The first-order valence-corrected chi connectivity index (χ1v) is 5.81. The van der Waals surface area contributed by atoms with Gasteiger partial charge in [0.05, 0.1) is 6.10 Å². The van der Waals surface area contributed by atoms with Crippen molar-refractivity contribution in [2.24, 2.45) is 11.8 Å². The Balaban J connectivity index is 3.87. The molecule has 0 aliphatic heterocycles. The number of aliphatic hydroxyl groups excluding tert-OH is 1. The number of aliphatic hydroxyl groups is 1. The molecule has 0 aromatic carbocycles. The number of hydrogen-bond donors (Lipinski definition) is 1. The van der Waals surface area contributed by atoms with Gasteiger partial charge in [-0.25, -0.2) is 0 Å². The van der Waals surface area contributed by atoms with Gasteiger partial charge in [0.25, 0.3) is 0 Å². The summed E-state index contributed by atoms with van der Waals surface area (Å²) in [5.41, 5.74) is 0. The van der Waals surface area contributed by atoms with Crippen molar-refractivity contribution in [2.75, 3.05) is 0 Å². The molecule has 1 N–H and O–H groups in total. The standard InChI is InChI=1S/C12H26O/c1-5-7-9-10(3)12(8-6-2)11(4)13/h10-13H,5-9H2,1-4H3. The van der Waals surface area contributed by atoms with Crippen LogP contribution in [-0.2, 0) is 0 Å². The molecule has 1 heteroatoms. The van der Waals surface area contributed by atoms with Crippen LogP contribution in [0.1, 0.15) is 59.8 Å². The first-order valence-electron chi connectivity index (χ1n) is 5.81. The van der Waals surface area contributed by atoms with Crippen LogP contribution in [0, 0.1) is 11.8 Å². The van der Waals surface area contributed by atoms with Crippen LogP contribution < -0.4 is 0 Å². The van der Waals surface area contributed by atoms with E-state index in [-0.39, 0.29) is 6.10 Å². The second-order valence-corrected chi connectivity index (χ2v) is 4.31. The zero-order valence-corrected chi connectivity index (χ0v) is 9.71. The van der Waals surface area contributed by atoms with E-state index < -0.39 is 0 Å². The van der Waals surface area contributed by atoms with Gasteiger partial charge in [0.15, 0.2) is 0 Å². The van der Waals surface area contributed by atoms with Crippen LogP contribution >= 0.6 is 0 Å². The van der Waals surface area contributed by atoms with Crippen molar-refractivity contribution < 1.29 is 5.11 Å². The van der Waals surface area contributed by atoms with Gasteiger partial charge in [-0.2, -0.15) is 0 Å². The van der Waals surface area contributed by atoms with E-state index in [9.17, 15) is 5.11 Å². The first-order chi connectivity index (χ1) is 6.13. The Labute approximate surface area is 83.5 Å². The summed E-state index contributed by atoms with van der Waals surface area (Å²) in [7, 11) is 0. The summed E-state index contributed by atoms with van der Waals surface area (Å²) in [6.07, 6.45) is 6.06. The zero-order valence-electron chi connectivity index (χ0n) is 9.71. The van der Waals surface area contributed by atoms with Gasteiger partial charge >= 0.3 is 0 Å². The van der Waals surface area contributed by atoms with Crippen molar-refractivity contribution in [3.05, 3.63) is 0 Å². The Hall–Kier alpha value is -0.0400. The fraction of sp³-hybridized carbons (Fsp3) is 1.00. The topological polar surface area (TPSA) is 20.2 Å². The Kier molecular flexibility index (Phi) is 7.35. The number of hydrogen-bond acceptors (Lipinski definition) is 1. The summed E-state index contributed by atoms with van der Waals surface area (Å²) in [6, 6.07) is 0. The molecule has 0 heterocycles. The Morgan fingerprint density at radius 2 is 1.62 bits per heavy atom. The van der Waals surface area contributed by atoms with Gasteiger partial charge < -0.3 is 5.11 Å². The van der Waals surface area contributed by atoms with Crippen molar-refractivity contribution in [3.8, 4) is 0 Å². The first kappa shape index (κ1) is 13.0. The molecule has 0 bridgehead atoms. The summed E-state index contributed by atoms with van der Waals surface area (Å²) < 4.78 is 0. The van der Waals surface area contributed by atoms with Crippen molar-refractivity contribution in [2.45, 2.75) is 65.9 Å². The van der Waals surface area contributed by atoms with E-state index in [0.717, 1.165) is 0 Å². The molecule has 0 spiro atoms. The van der Waals surface area contributed by atoms with Crippen LogP contribution in [0.25, 0.3) is 0 Å². The molecule has 13 heavy (non-hydrogen) atoms. The molecule has 80 valence electrons. The molecule has 0 radical (unpaired) electrons. The van der Waals surface area contributed by atoms with Crippen LogP contribution in [0.3, 0.4) is 0 Å². The van der Waals surface area contributed by atoms with Gasteiger partial charge in [-0.15, -0.1) is 0 Å². The molecule has 0 aromatic rings. The van der Waals surface area contributed by atoms with Gasteiger partial charge in [0, 0.05) is 0 Å². The van der Waals surface area contributed by atoms with E-state index >= 15 is 0 Å². The molecule has 0 rings (SSSR count). The van der Waals surface area contributed by atoms with Crippen LogP contribution in [0.2, 0.25) is 0 Å². The van der Waals surface area contributed by atoms with Crippen LogP contribution in [-0.4, -0.2) is 11.2 Å². The highest BCUT2D eigenvalue weighted by Gasteiger charge is 2.20. The van der Waals surface area contributed by atoms with E-state index in [1.54, 1.807) is 0 Å². The average Bonchev–Trinajstić information content (AvgIpc) is 2.09. The van der Waals surface area contributed by atoms with Gasteiger partial charge in [-0.05, 0) is 25.2 Å². The number of unbranched alkanes of at least 4 members (excludes halogenated alkanes) is 1.